The van der Waals surface area contributed by atoms with E-state index in [2.05, 4.69) is 10.4 Å². The molecule has 0 radical (unpaired) electrons. The summed E-state index contributed by atoms with van der Waals surface area (Å²) in [6, 6.07) is 15.4. The molecule has 1 amide bonds. The number of aromatic nitrogens is 2. The van der Waals surface area contributed by atoms with Crippen LogP contribution in [0, 0.1) is 27.7 Å². The number of rotatable bonds is 5. The molecule has 1 N–H and O–H groups in total. The third-order valence-electron chi connectivity index (χ3n) is 4.26. The second-order valence-electron chi connectivity index (χ2n) is 6.44. The van der Waals surface area contributed by atoms with Crippen LogP contribution >= 0.6 is 0 Å². The number of nitrogens with zero attached hydrogens (tertiary/aromatic N) is 2. The molecule has 2 aromatic carbocycles. The van der Waals surface area contributed by atoms with Gasteiger partial charge in [-0.1, -0.05) is 18.2 Å². The van der Waals surface area contributed by atoms with Crippen molar-refractivity contribution in [1.29, 1.82) is 0 Å². The first-order chi connectivity index (χ1) is 12.4. The van der Waals surface area contributed by atoms with Gasteiger partial charge in [0.1, 0.15) is 5.75 Å². The molecule has 0 atom stereocenters. The average Bonchev–Trinajstić information content (AvgIpc) is 2.94. The molecular weight excluding hydrogens is 326 g/mol. The van der Waals surface area contributed by atoms with Crippen molar-refractivity contribution in [3.8, 4) is 11.4 Å². The Balaban J connectivity index is 1.72. The lowest BCUT2D eigenvalue weighted by Gasteiger charge is -2.13. The Morgan fingerprint density at radius 3 is 2.50 bits per heavy atom. The normalized spacial score (nSPS) is 10.6. The van der Waals surface area contributed by atoms with Crippen molar-refractivity contribution in [1.82, 2.24) is 9.78 Å². The fourth-order valence-corrected chi connectivity index (χ4v) is 2.78. The third kappa shape index (κ3) is 3.94. The van der Waals surface area contributed by atoms with Crippen LogP contribution in [0.3, 0.4) is 0 Å². The van der Waals surface area contributed by atoms with Gasteiger partial charge in [-0.05, 0) is 69.2 Å². The smallest absolute Gasteiger partial charge is 0.262 e. The molecule has 5 nitrogen and oxygen atoms in total. The van der Waals surface area contributed by atoms with Crippen molar-refractivity contribution < 1.29 is 9.53 Å². The van der Waals surface area contributed by atoms with Gasteiger partial charge in [0.15, 0.2) is 6.61 Å². The molecule has 0 saturated heterocycles. The maximum Gasteiger partial charge on any atom is 0.262 e. The van der Waals surface area contributed by atoms with Crippen LogP contribution in [0.4, 0.5) is 5.69 Å². The molecule has 1 aromatic heterocycles. The molecule has 134 valence electrons. The number of hydrogen-bond donors (Lipinski definition) is 1. The number of ether oxygens (including phenoxy) is 1. The number of nitrogens with one attached hydrogen (secondary N) is 1. The summed E-state index contributed by atoms with van der Waals surface area (Å²) >= 11 is 0. The van der Waals surface area contributed by atoms with Crippen LogP contribution in [-0.2, 0) is 4.79 Å². The number of para-hydroxylation sites is 2. The first kappa shape index (κ1) is 17.7. The van der Waals surface area contributed by atoms with Crippen LogP contribution in [0.2, 0.25) is 0 Å². The van der Waals surface area contributed by atoms with Gasteiger partial charge in [0.25, 0.3) is 5.91 Å². The summed E-state index contributed by atoms with van der Waals surface area (Å²) in [4.78, 5) is 12.3. The second-order valence-corrected chi connectivity index (χ2v) is 6.44. The quantitative estimate of drug-likeness (QED) is 0.754. The summed E-state index contributed by atoms with van der Waals surface area (Å²) < 4.78 is 7.44. The SMILES string of the molecule is Cc1cc(C)n(-c2ccccc2NC(=O)COc2ccc(C)c(C)c2)n1. The number of carbonyl (C=O) groups is 1. The van der Waals surface area contributed by atoms with Crippen LogP contribution in [0.25, 0.3) is 5.69 Å². The van der Waals surface area contributed by atoms with Crippen molar-refractivity contribution in [3.63, 3.8) is 0 Å². The van der Waals surface area contributed by atoms with Gasteiger partial charge in [-0.15, -0.1) is 0 Å². The van der Waals surface area contributed by atoms with E-state index in [1.807, 2.05) is 80.9 Å². The fraction of sp³-hybridized carbons (Fsp3) is 0.238. The summed E-state index contributed by atoms with van der Waals surface area (Å²) in [5, 5.41) is 7.41. The molecule has 0 unspecified atom stereocenters. The van der Waals surface area contributed by atoms with Crippen LogP contribution in [0.15, 0.2) is 48.5 Å². The maximum absolute atomic E-state index is 12.3. The highest BCUT2D eigenvalue weighted by atomic mass is 16.5. The summed E-state index contributed by atoms with van der Waals surface area (Å²) in [6.07, 6.45) is 0. The molecule has 0 fully saturated rings. The van der Waals surface area contributed by atoms with Gasteiger partial charge < -0.3 is 10.1 Å². The molecule has 0 spiro atoms. The van der Waals surface area contributed by atoms with E-state index in [0.717, 1.165) is 22.6 Å². The van der Waals surface area contributed by atoms with Crippen molar-refractivity contribution in [3.05, 3.63) is 71.0 Å². The molecule has 0 aliphatic rings. The highest BCUT2D eigenvalue weighted by Gasteiger charge is 2.11. The number of aryl methyl sites for hydroxylation is 4. The van der Waals surface area contributed by atoms with E-state index in [4.69, 9.17) is 4.74 Å². The molecule has 0 bridgehead atoms. The topological polar surface area (TPSA) is 56.2 Å². The minimum Gasteiger partial charge on any atom is -0.484 e. The van der Waals surface area contributed by atoms with Crippen molar-refractivity contribution in [2.45, 2.75) is 27.7 Å². The van der Waals surface area contributed by atoms with Crippen LogP contribution in [0.5, 0.6) is 5.75 Å². The lowest BCUT2D eigenvalue weighted by Crippen LogP contribution is -2.21. The summed E-state index contributed by atoms with van der Waals surface area (Å²) in [5.74, 6) is 0.479. The Morgan fingerprint density at radius 1 is 1.04 bits per heavy atom. The van der Waals surface area contributed by atoms with E-state index in [-0.39, 0.29) is 12.5 Å². The largest absolute Gasteiger partial charge is 0.484 e. The molecular formula is C21H23N3O2. The van der Waals surface area contributed by atoms with E-state index in [9.17, 15) is 4.79 Å². The standard InChI is InChI=1S/C21H23N3O2/c1-14-9-10-18(11-15(14)2)26-13-21(25)22-19-7-5-6-8-20(19)24-17(4)12-16(3)23-24/h5-12H,13H2,1-4H3,(H,22,25). The Morgan fingerprint density at radius 2 is 1.81 bits per heavy atom. The molecule has 3 rings (SSSR count). The molecule has 0 saturated carbocycles. The van der Waals surface area contributed by atoms with Gasteiger partial charge in [0.05, 0.1) is 17.1 Å². The molecule has 0 aliphatic heterocycles. The van der Waals surface area contributed by atoms with E-state index >= 15 is 0 Å². The zero-order valence-corrected chi connectivity index (χ0v) is 15.5. The van der Waals surface area contributed by atoms with Crippen molar-refractivity contribution in [2.24, 2.45) is 0 Å². The highest BCUT2D eigenvalue weighted by Crippen LogP contribution is 2.22. The van der Waals surface area contributed by atoms with Gasteiger partial charge in [0, 0.05) is 5.69 Å². The Bertz CT molecular complexity index is 944. The molecule has 3 aromatic rings. The average molecular weight is 349 g/mol. The molecule has 26 heavy (non-hydrogen) atoms. The van der Waals surface area contributed by atoms with Gasteiger partial charge in [-0.25, -0.2) is 4.68 Å². The number of anilines is 1. The molecule has 0 aliphatic carbocycles. The summed E-state index contributed by atoms with van der Waals surface area (Å²) in [5.41, 5.74) is 5.81. The van der Waals surface area contributed by atoms with Crippen LogP contribution in [0.1, 0.15) is 22.5 Å². The highest BCUT2D eigenvalue weighted by molar-refractivity contribution is 5.93. The predicted octanol–water partition coefficient (Wildman–Crippen LogP) is 4.12. The fourth-order valence-electron chi connectivity index (χ4n) is 2.78. The molecule has 5 heteroatoms. The number of benzene rings is 2. The first-order valence-electron chi connectivity index (χ1n) is 8.56. The number of hydrogen-bond acceptors (Lipinski definition) is 3. The van der Waals surface area contributed by atoms with Crippen LogP contribution < -0.4 is 10.1 Å². The number of amides is 1. The Hall–Kier alpha value is -3.08. The van der Waals surface area contributed by atoms with E-state index < -0.39 is 0 Å². The lowest BCUT2D eigenvalue weighted by molar-refractivity contribution is -0.118. The van der Waals surface area contributed by atoms with Crippen LogP contribution in [-0.4, -0.2) is 22.3 Å². The summed E-state index contributed by atoms with van der Waals surface area (Å²) in [6.45, 7) is 7.95. The van der Waals surface area contributed by atoms with E-state index in [1.165, 1.54) is 5.56 Å². The van der Waals surface area contributed by atoms with Crippen molar-refractivity contribution >= 4 is 11.6 Å². The minimum atomic E-state index is -0.211. The predicted molar refractivity (Wildman–Crippen MR) is 103 cm³/mol. The zero-order chi connectivity index (χ0) is 18.7. The first-order valence-corrected chi connectivity index (χ1v) is 8.56. The van der Waals surface area contributed by atoms with E-state index in [1.54, 1.807) is 0 Å². The molecule has 1 heterocycles. The Labute approximate surface area is 153 Å². The zero-order valence-electron chi connectivity index (χ0n) is 15.5. The summed E-state index contributed by atoms with van der Waals surface area (Å²) in [7, 11) is 0. The lowest BCUT2D eigenvalue weighted by atomic mass is 10.1. The van der Waals surface area contributed by atoms with Gasteiger partial charge in [0.2, 0.25) is 0 Å². The monoisotopic (exact) mass is 349 g/mol. The van der Waals surface area contributed by atoms with E-state index in [0.29, 0.717) is 11.4 Å². The number of carbonyl (C=O) groups excluding carboxylic acids is 1. The van der Waals surface area contributed by atoms with Gasteiger partial charge >= 0.3 is 0 Å². The third-order valence-corrected chi connectivity index (χ3v) is 4.26. The Kier molecular flexibility index (Phi) is 5.07. The second kappa shape index (κ2) is 7.44. The maximum atomic E-state index is 12.3. The van der Waals surface area contributed by atoms with Gasteiger partial charge in [-0.2, -0.15) is 5.10 Å². The van der Waals surface area contributed by atoms with Gasteiger partial charge in [-0.3, -0.25) is 4.79 Å². The van der Waals surface area contributed by atoms with Crippen molar-refractivity contribution in [2.75, 3.05) is 11.9 Å². The minimum absolute atomic E-state index is 0.0477.